The number of pyridine rings is 1. The van der Waals surface area contributed by atoms with Gasteiger partial charge < -0.3 is 10.4 Å². The Balaban J connectivity index is 1.74. The zero-order valence-electron chi connectivity index (χ0n) is 12.0. The number of hydrogen-bond acceptors (Lipinski definition) is 3. The molecule has 0 aliphatic heterocycles. The monoisotopic (exact) mass is 278 g/mol. The Hall–Kier alpha value is -2.39. The Morgan fingerprint density at radius 2 is 1.76 bits per heavy atom. The van der Waals surface area contributed by atoms with Crippen molar-refractivity contribution in [2.45, 2.75) is 20.0 Å². The first-order valence-corrected chi connectivity index (χ1v) is 7.07. The first-order chi connectivity index (χ1) is 10.2. The second-order valence-corrected chi connectivity index (χ2v) is 5.16. The minimum atomic E-state index is 0.242. The Morgan fingerprint density at radius 1 is 0.952 bits per heavy atom. The molecule has 3 rings (SSSR count). The van der Waals surface area contributed by atoms with Crippen LogP contribution in [-0.4, -0.2) is 10.1 Å². The number of nitrogens with one attached hydrogen (secondary N) is 1. The third kappa shape index (κ3) is 3.03. The Kier molecular flexibility index (Phi) is 3.84. The van der Waals surface area contributed by atoms with E-state index in [4.69, 9.17) is 0 Å². The summed E-state index contributed by atoms with van der Waals surface area (Å²) in [5.74, 6) is 0.242. The summed E-state index contributed by atoms with van der Waals surface area (Å²) in [5, 5.41) is 15.7. The van der Waals surface area contributed by atoms with Gasteiger partial charge in [-0.3, -0.25) is 4.98 Å². The molecule has 0 unspecified atom stereocenters. The van der Waals surface area contributed by atoms with Crippen LogP contribution in [0.4, 0.5) is 0 Å². The van der Waals surface area contributed by atoms with E-state index in [-0.39, 0.29) is 5.75 Å². The number of aryl methyl sites for hydroxylation is 1. The molecule has 1 aromatic heterocycles. The van der Waals surface area contributed by atoms with Crippen LogP contribution in [0.1, 0.15) is 17.0 Å². The summed E-state index contributed by atoms with van der Waals surface area (Å²) >= 11 is 0. The number of fused-ring (bicyclic) bond motifs is 1. The summed E-state index contributed by atoms with van der Waals surface area (Å²) in [6.45, 7) is 3.22. The van der Waals surface area contributed by atoms with Gasteiger partial charge in [-0.25, -0.2) is 0 Å². The maximum atomic E-state index is 9.80. The standard InChI is InChI=1S/C18H18N2O/c1-13-9-10-18(21)17(20-13)12-19-11-15-7-4-6-14-5-2-3-8-16(14)15/h2-10,19,21H,11-12H2,1H3. The van der Waals surface area contributed by atoms with Crippen LogP contribution in [0.25, 0.3) is 10.8 Å². The average molecular weight is 278 g/mol. The van der Waals surface area contributed by atoms with Gasteiger partial charge in [0, 0.05) is 18.8 Å². The SMILES string of the molecule is Cc1ccc(O)c(CNCc2cccc3ccccc23)n1. The second kappa shape index (κ2) is 5.94. The molecule has 2 N–H and O–H groups in total. The van der Waals surface area contributed by atoms with Crippen molar-refractivity contribution in [2.75, 3.05) is 0 Å². The van der Waals surface area contributed by atoms with Crippen LogP contribution >= 0.6 is 0 Å². The molecule has 0 fully saturated rings. The molecule has 21 heavy (non-hydrogen) atoms. The number of nitrogens with zero attached hydrogens (tertiary/aromatic N) is 1. The predicted octanol–water partition coefficient (Wildman–Crippen LogP) is 3.54. The molecule has 3 heteroatoms. The van der Waals surface area contributed by atoms with Gasteiger partial charge >= 0.3 is 0 Å². The van der Waals surface area contributed by atoms with E-state index in [9.17, 15) is 5.11 Å². The molecule has 0 aliphatic carbocycles. The van der Waals surface area contributed by atoms with E-state index in [0.29, 0.717) is 12.2 Å². The number of aromatic hydroxyl groups is 1. The van der Waals surface area contributed by atoms with Crippen LogP contribution in [0, 0.1) is 6.92 Å². The van der Waals surface area contributed by atoms with Crippen molar-refractivity contribution in [3.8, 4) is 5.75 Å². The fraction of sp³-hybridized carbons (Fsp3) is 0.167. The van der Waals surface area contributed by atoms with Crippen molar-refractivity contribution < 1.29 is 5.11 Å². The molecule has 1 heterocycles. The summed E-state index contributed by atoms with van der Waals surface area (Å²) in [6, 6.07) is 18.2. The molecule has 0 aliphatic rings. The fourth-order valence-electron chi connectivity index (χ4n) is 2.50. The Bertz CT molecular complexity index is 763. The van der Waals surface area contributed by atoms with Gasteiger partial charge in [-0.05, 0) is 35.4 Å². The molecule has 3 aromatic rings. The lowest BCUT2D eigenvalue weighted by Crippen LogP contribution is -2.14. The minimum Gasteiger partial charge on any atom is -0.506 e. The van der Waals surface area contributed by atoms with Crippen LogP contribution in [0.15, 0.2) is 54.6 Å². The van der Waals surface area contributed by atoms with Gasteiger partial charge in [0.1, 0.15) is 5.75 Å². The summed E-state index contributed by atoms with van der Waals surface area (Å²) < 4.78 is 0. The maximum Gasteiger partial charge on any atom is 0.138 e. The molecular formula is C18H18N2O. The van der Waals surface area contributed by atoms with E-state index in [1.807, 2.05) is 19.1 Å². The van der Waals surface area contributed by atoms with Crippen LogP contribution in [0.2, 0.25) is 0 Å². The van der Waals surface area contributed by atoms with Gasteiger partial charge in [-0.15, -0.1) is 0 Å². The lowest BCUT2D eigenvalue weighted by molar-refractivity contribution is 0.459. The molecule has 0 spiro atoms. The van der Waals surface area contributed by atoms with Crippen molar-refractivity contribution in [3.05, 3.63) is 71.5 Å². The highest BCUT2D eigenvalue weighted by atomic mass is 16.3. The van der Waals surface area contributed by atoms with Crippen molar-refractivity contribution in [3.63, 3.8) is 0 Å². The highest BCUT2D eigenvalue weighted by molar-refractivity contribution is 5.85. The summed E-state index contributed by atoms with van der Waals surface area (Å²) in [7, 11) is 0. The van der Waals surface area contributed by atoms with E-state index in [1.54, 1.807) is 6.07 Å². The Morgan fingerprint density at radius 3 is 2.67 bits per heavy atom. The number of aromatic nitrogens is 1. The second-order valence-electron chi connectivity index (χ2n) is 5.16. The Labute approximate surface area is 124 Å². The van der Waals surface area contributed by atoms with Gasteiger partial charge in [0.2, 0.25) is 0 Å². The number of hydrogen-bond donors (Lipinski definition) is 2. The van der Waals surface area contributed by atoms with E-state index < -0.39 is 0 Å². The summed E-state index contributed by atoms with van der Waals surface area (Å²) in [4.78, 5) is 4.35. The lowest BCUT2D eigenvalue weighted by Gasteiger charge is -2.09. The van der Waals surface area contributed by atoms with Crippen LogP contribution in [0.5, 0.6) is 5.75 Å². The van der Waals surface area contributed by atoms with Crippen molar-refractivity contribution in [1.29, 1.82) is 0 Å². The molecule has 0 radical (unpaired) electrons. The quantitative estimate of drug-likeness (QED) is 0.767. The predicted molar refractivity (Wildman–Crippen MR) is 85.1 cm³/mol. The molecule has 3 nitrogen and oxygen atoms in total. The van der Waals surface area contributed by atoms with Crippen LogP contribution in [-0.2, 0) is 13.1 Å². The normalized spacial score (nSPS) is 10.9. The van der Waals surface area contributed by atoms with E-state index in [2.05, 4.69) is 46.7 Å². The third-order valence-corrected chi connectivity index (χ3v) is 3.58. The molecule has 0 saturated heterocycles. The van der Waals surface area contributed by atoms with Crippen molar-refractivity contribution in [2.24, 2.45) is 0 Å². The van der Waals surface area contributed by atoms with E-state index in [0.717, 1.165) is 12.2 Å². The topological polar surface area (TPSA) is 45.1 Å². The van der Waals surface area contributed by atoms with Gasteiger partial charge in [0.15, 0.2) is 0 Å². The highest BCUT2D eigenvalue weighted by Gasteiger charge is 2.04. The summed E-state index contributed by atoms with van der Waals surface area (Å²) in [6.07, 6.45) is 0. The summed E-state index contributed by atoms with van der Waals surface area (Å²) in [5.41, 5.74) is 2.85. The molecule has 0 atom stereocenters. The van der Waals surface area contributed by atoms with Gasteiger partial charge in [0.25, 0.3) is 0 Å². The van der Waals surface area contributed by atoms with Crippen molar-refractivity contribution >= 4 is 10.8 Å². The van der Waals surface area contributed by atoms with Gasteiger partial charge in [-0.2, -0.15) is 0 Å². The molecule has 106 valence electrons. The minimum absolute atomic E-state index is 0.242. The van der Waals surface area contributed by atoms with Gasteiger partial charge in [-0.1, -0.05) is 42.5 Å². The molecular weight excluding hydrogens is 260 g/mol. The largest absolute Gasteiger partial charge is 0.506 e. The first-order valence-electron chi connectivity index (χ1n) is 7.07. The number of benzene rings is 2. The molecule has 0 amide bonds. The first kappa shape index (κ1) is 13.6. The average Bonchev–Trinajstić information content (AvgIpc) is 2.51. The van der Waals surface area contributed by atoms with Gasteiger partial charge in [0.05, 0.1) is 5.69 Å². The van der Waals surface area contributed by atoms with Crippen molar-refractivity contribution in [1.82, 2.24) is 10.3 Å². The molecule has 0 saturated carbocycles. The molecule has 2 aromatic carbocycles. The third-order valence-electron chi connectivity index (χ3n) is 3.58. The maximum absolute atomic E-state index is 9.80. The van der Waals surface area contributed by atoms with E-state index in [1.165, 1.54) is 16.3 Å². The molecule has 0 bridgehead atoms. The highest BCUT2D eigenvalue weighted by Crippen LogP contribution is 2.19. The fourth-order valence-corrected chi connectivity index (χ4v) is 2.50. The zero-order valence-corrected chi connectivity index (χ0v) is 12.0. The van der Waals surface area contributed by atoms with E-state index >= 15 is 0 Å². The number of rotatable bonds is 4. The van der Waals surface area contributed by atoms with Crippen LogP contribution in [0.3, 0.4) is 0 Å². The zero-order chi connectivity index (χ0) is 14.7. The van der Waals surface area contributed by atoms with Crippen LogP contribution < -0.4 is 5.32 Å². The smallest absolute Gasteiger partial charge is 0.138 e. The lowest BCUT2D eigenvalue weighted by atomic mass is 10.0.